The number of hydrogen-bond acceptors (Lipinski definition) is 3. The van der Waals surface area contributed by atoms with Gasteiger partial charge < -0.3 is 15.1 Å². The maximum absolute atomic E-state index is 13.0. The summed E-state index contributed by atoms with van der Waals surface area (Å²) >= 11 is 0. The Bertz CT molecular complexity index is 528. The van der Waals surface area contributed by atoms with E-state index in [9.17, 15) is 14.0 Å². The molecule has 1 aromatic rings. The van der Waals surface area contributed by atoms with Crippen molar-refractivity contribution in [1.82, 2.24) is 10.2 Å². The van der Waals surface area contributed by atoms with E-state index in [1.165, 1.54) is 12.1 Å². The molecule has 1 fully saturated rings. The summed E-state index contributed by atoms with van der Waals surface area (Å²) < 4.78 is 13.0. The predicted molar refractivity (Wildman–Crippen MR) is 92.3 cm³/mol. The number of hydrogen-bond donors (Lipinski definition) is 1. The molecule has 6 heteroatoms. The Morgan fingerprint density at radius 1 is 1.25 bits per heavy atom. The van der Waals surface area contributed by atoms with E-state index in [4.69, 9.17) is 0 Å². The van der Waals surface area contributed by atoms with Gasteiger partial charge in [0.2, 0.25) is 12.3 Å². The first-order valence-corrected chi connectivity index (χ1v) is 8.62. The van der Waals surface area contributed by atoms with E-state index < -0.39 is 0 Å². The van der Waals surface area contributed by atoms with Gasteiger partial charge in [-0.1, -0.05) is 19.8 Å². The minimum atomic E-state index is -0.242. The second kappa shape index (κ2) is 9.25. The molecule has 0 radical (unpaired) electrons. The van der Waals surface area contributed by atoms with Crippen molar-refractivity contribution in [2.24, 2.45) is 5.92 Å². The molecule has 1 saturated heterocycles. The predicted octanol–water partition coefficient (Wildman–Crippen LogP) is 2.03. The highest BCUT2D eigenvalue weighted by Gasteiger charge is 2.27. The molecule has 0 aliphatic carbocycles. The molecule has 1 atom stereocenters. The number of carbonyl (C=O) groups excluding carboxylic acids is 2. The third-order valence-electron chi connectivity index (χ3n) is 4.49. The van der Waals surface area contributed by atoms with Crippen LogP contribution < -0.4 is 10.2 Å². The fourth-order valence-electron chi connectivity index (χ4n) is 3.05. The molecule has 5 nitrogen and oxygen atoms in total. The van der Waals surface area contributed by atoms with E-state index in [2.05, 4.69) is 17.1 Å². The van der Waals surface area contributed by atoms with E-state index >= 15 is 0 Å². The lowest BCUT2D eigenvalue weighted by Gasteiger charge is -2.37. The first-order valence-electron chi connectivity index (χ1n) is 8.62. The minimum Gasteiger partial charge on any atom is -0.368 e. The summed E-state index contributed by atoms with van der Waals surface area (Å²) in [5, 5.41) is 2.64. The number of halogens is 1. The van der Waals surface area contributed by atoms with Gasteiger partial charge in [-0.05, 0) is 30.7 Å². The normalized spacial score (nSPS) is 15.9. The standard InChI is InChI=1S/C18H26FN3O2/c1-2-3-4-15(13-20-14-23)18(24)22-11-9-21(10-12-22)17-7-5-16(19)6-8-17/h5-8,14-15H,2-4,9-13H2,1H3,(H,20,23)/t15-/m1/s1. The molecule has 2 amide bonds. The molecule has 0 spiro atoms. The largest absolute Gasteiger partial charge is 0.368 e. The van der Waals surface area contributed by atoms with Crippen molar-refractivity contribution in [3.05, 3.63) is 30.1 Å². The molecular formula is C18H26FN3O2. The number of anilines is 1. The average molecular weight is 335 g/mol. The average Bonchev–Trinajstić information content (AvgIpc) is 2.62. The van der Waals surface area contributed by atoms with Crippen molar-refractivity contribution in [2.75, 3.05) is 37.6 Å². The summed E-state index contributed by atoms with van der Waals surface area (Å²) in [7, 11) is 0. The number of amides is 2. The van der Waals surface area contributed by atoms with E-state index in [-0.39, 0.29) is 17.6 Å². The number of carbonyl (C=O) groups is 2. The van der Waals surface area contributed by atoms with Crippen LogP contribution in [0.3, 0.4) is 0 Å². The molecule has 1 heterocycles. The van der Waals surface area contributed by atoms with Gasteiger partial charge in [0.1, 0.15) is 5.82 Å². The van der Waals surface area contributed by atoms with Gasteiger partial charge in [0, 0.05) is 38.4 Å². The van der Waals surface area contributed by atoms with Crippen LogP contribution in [0, 0.1) is 11.7 Å². The Kier molecular flexibility index (Phi) is 7.03. The molecule has 132 valence electrons. The van der Waals surface area contributed by atoms with Gasteiger partial charge in [-0.15, -0.1) is 0 Å². The Morgan fingerprint density at radius 2 is 1.92 bits per heavy atom. The number of benzene rings is 1. The zero-order valence-corrected chi connectivity index (χ0v) is 14.2. The van der Waals surface area contributed by atoms with E-state index in [0.29, 0.717) is 26.0 Å². The smallest absolute Gasteiger partial charge is 0.227 e. The van der Waals surface area contributed by atoms with E-state index in [1.54, 1.807) is 12.1 Å². The zero-order valence-electron chi connectivity index (χ0n) is 14.2. The van der Waals surface area contributed by atoms with Crippen molar-refractivity contribution in [2.45, 2.75) is 26.2 Å². The molecule has 1 aliphatic rings. The fourth-order valence-corrected chi connectivity index (χ4v) is 3.05. The van der Waals surface area contributed by atoms with Crippen LogP contribution in [0.5, 0.6) is 0 Å². The minimum absolute atomic E-state index is 0.122. The van der Waals surface area contributed by atoms with Crippen LogP contribution in [0.1, 0.15) is 26.2 Å². The Morgan fingerprint density at radius 3 is 2.50 bits per heavy atom. The SMILES string of the molecule is CCCC[C@H](CNC=O)C(=O)N1CCN(c2ccc(F)cc2)CC1. The number of nitrogens with zero attached hydrogens (tertiary/aromatic N) is 2. The number of piperazine rings is 1. The molecule has 0 unspecified atom stereocenters. The summed E-state index contributed by atoms with van der Waals surface area (Å²) in [4.78, 5) is 27.3. The van der Waals surface area contributed by atoms with Crippen LogP contribution in [0.2, 0.25) is 0 Å². The molecule has 2 rings (SSSR count). The number of nitrogens with one attached hydrogen (secondary N) is 1. The third-order valence-corrected chi connectivity index (χ3v) is 4.49. The molecule has 0 bridgehead atoms. The molecule has 1 aliphatic heterocycles. The first-order chi connectivity index (χ1) is 11.7. The summed E-state index contributed by atoms with van der Waals surface area (Å²) in [5.74, 6) is -0.266. The highest BCUT2D eigenvalue weighted by atomic mass is 19.1. The lowest BCUT2D eigenvalue weighted by molar-refractivity contribution is -0.136. The van der Waals surface area contributed by atoms with Gasteiger partial charge in [0.15, 0.2) is 0 Å². The van der Waals surface area contributed by atoms with Crippen molar-refractivity contribution in [1.29, 1.82) is 0 Å². The first kappa shape index (κ1) is 18.2. The van der Waals surface area contributed by atoms with Crippen molar-refractivity contribution < 1.29 is 14.0 Å². The summed E-state index contributed by atoms with van der Waals surface area (Å²) in [5.41, 5.74) is 0.980. The second-order valence-electron chi connectivity index (χ2n) is 6.15. The molecular weight excluding hydrogens is 309 g/mol. The topological polar surface area (TPSA) is 52.7 Å². The van der Waals surface area contributed by atoms with E-state index in [1.807, 2.05) is 4.90 Å². The van der Waals surface area contributed by atoms with Crippen LogP contribution in [0.15, 0.2) is 24.3 Å². The molecule has 0 aromatic heterocycles. The van der Waals surface area contributed by atoms with Crippen molar-refractivity contribution in [3.63, 3.8) is 0 Å². The molecule has 1 N–H and O–H groups in total. The number of rotatable bonds is 8. The van der Waals surface area contributed by atoms with Gasteiger partial charge >= 0.3 is 0 Å². The van der Waals surface area contributed by atoms with E-state index in [0.717, 1.165) is 38.0 Å². The fraction of sp³-hybridized carbons (Fsp3) is 0.556. The molecule has 24 heavy (non-hydrogen) atoms. The maximum atomic E-state index is 13.0. The third kappa shape index (κ3) is 4.94. The Hall–Kier alpha value is -2.11. The maximum Gasteiger partial charge on any atom is 0.227 e. The lowest BCUT2D eigenvalue weighted by Crippen LogP contribution is -2.51. The number of unbranched alkanes of at least 4 members (excludes halogenated alkanes) is 1. The van der Waals surface area contributed by atoms with Crippen LogP contribution in [-0.2, 0) is 9.59 Å². The summed E-state index contributed by atoms with van der Waals surface area (Å²) in [6.45, 7) is 5.27. The van der Waals surface area contributed by atoms with Gasteiger partial charge in [0.25, 0.3) is 0 Å². The highest BCUT2D eigenvalue weighted by Crippen LogP contribution is 2.19. The highest BCUT2D eigenvalue weighted by molar-refractivity contribution is 5.79. The quantitative estimate of drug-likeness (QED) is 0.740. The zero-order chi connectivity index (χ0) is 17.4. The van der Waals surface area contributed by atoms with Gasteiger partial charge in [-0.3, -0.25) is 9.59 Å². The van der Waals surface area contributed by atoms with Crippen LogP contribution in [0.4, 0.5) is 10.1 Å². The van der Waals surface area contributed by atoms with Crippen LogP contribution in [-0.4, -0.2) is 49.9 Å². The summed E-state index contributed by atoms with van der Waals surface area (Å²) in [6, 6.07) is 6.45. The van der Waals surface area contributed by atoms with Gasteiger partial charge in [-0.2, -0.15) is 0 Å². The van der Waals surface area contributed by atoms with Gasteiger partial charge in [0.05, 0.1) is 5.92 Å². The van der Waals surface area contributed by atoms with Crippen molar-refractivity contribution in [3.8, 4) is 0 Å². The van der Waals surface area contributed by atoms with Crippen LogP contribution >= 0.6 is 0 Å². The Labute approximate surface area is 142 Å². The summed E-state index contributed by atoms with van der Waals surface area (Å²) in [6.07, 6.45) is 3.46. The lowest BCUT2D eigenvalue weighted by atomic mass is 10.00. The monoisotopic (exact) mass is 335 g/mol. The molecule has 0 saturated carbocycles. The Balaban J connectivity index is 1.90. The second-order valence-corrected chi connectivity index (χ2v) is 6.15. The van der Waals surface area contributed by atoms with Gasteiger partial charge in [-0.25, -0.2) is 4.39 Å². The van der Waals surface area contributed by atoms with Crippen molar-refractivity contribution >= 4 is 18.0 Å². The molecule has 1 aromatic carbocycles. The van der Waals surface area contributed by atoms with Crippen LogP contribution in [0.25, 0.3) is 0 Å².